The van der Waals surface area contributed by atoms with Crippen molar-refractivity contribution in [2.45, 2.75) is 19.6 Å². The Balaban J connectivity index is 1.96. The van der Waals surface area contributed by atoms with Crippen molar-refractivity contribution >= 4 is 22.0 Å². The lowest BCUT2D eigenvalue weighted by molar-refractivity contribution is -0.146. The summed E-state index contributed by atoms with van der Waals surface area (Å²) in [6.07, 6.45) is -4.61. The minimum Gasteiger partial charge on any atom is -0.423 e. The molecule has 4 rings (SSSR count). The van der Waals surface area contributed by atoms with Gasteiger partial charge in [-0.2, -0.15) is 13.2 Å². The molecule has 0 bridgehead atoms. The summed E-state index contributed by atoms with van der Waals surface area (Å²) < 4.78 is 46.7. The van der Waals surface area contributed by atoms with Crippen LogP contribution in [0, 0.1) is 6.92 Å². The number of aryl methyl sites for hydroxylation is 1. The molecule has 2 heterocycles. The van der Waals surface area contributed by atoms with Crippen molar-refractivity contribution < 1.29 is 17.6 Å². The molecule has 7 heteroatoms. The van der Waals surface area contributed by atoms with E-state index in [1.54, 1.807) is 30.3 Å². The van der Waals surface area contributed by atoms with Gasteiger partial charge in [0.1, 0.15) is 5.58 Å². The summed E-state index contributed by atoms with van der Waals surface area (Å²) in [5.74, 6) is -0.993. The molecule has 0 radical (unpaired) electrons. The van der Waals surface area contributed by atoms with E-state index in [1.165, 1.54) is 12.1 Å². The molecule has 4 nitrogen and oxygen atoms in total. The maximum atomic E-state index is 13.5. The first-order valence-corrected chi connectivity index (χ1v) is 7.89. The zero-order chi connectivity index (χ0) is 18.5. The van der Waals surface area contributed by atoms with E-state index in [-0.39, 0.29) is 12.1 Å². The molecule has 0 aliphatic heterocycles. The van der Waals surface area contributed by atoms with Crippen LogP contribution in [0.3, 0.4) is 0 Å². The van der Waals surface area contributed by atoms with Crippen LogP contribution in [0.4, 0.5) is 13.2 Å². The average molecular weight is 358 g/mol. The Morgan fingerprint density at radius 2 is 1.88 bits per heavy atom. The van der Waals surface area contributed by atoms with Gasteiger partial charge in [-0.1, -0.05) is 24.3 Å². The van der Waals surface area contributed by atoms with Gasteiger partial charge in [-0.25, -0.2) is 9.78 Å². The van der Waals surface area contributed by atoms with Crippen LogP contribution < -0.4 is 5.63 Å². The van der Waals surface area contributed by atoms with E-state index in [2.05, 4.69) is 4.98 Å². The molecule has 0 fully saturated rings. The molecular formula is C19H13F3N2O2. The highest BCUT2D eigenvalue weighted by atomic mass is 19.4. The summed E-state index contributed by atoms with van der Waals surface area (Å²) in [5, 5.41) is 0.598. The minimum atomic E-state index is -4.61. The molecule has 2 aromatic heterocycles. The van der Waals surface area contributed by atoms with Crippen molar-refractivity contribution in [2.24, 2.45) is 0 Å². The van der Waals surface area contributed by atoms with E-state index >= 15 is 0 Å². The summed E-state index contributed by atoms with van der Waals surface area (Å²) in [4.78, 5) is 15.6. The molecule has 0 aliphatic rings. The normalized spacial score (nSPS) is 12.2. The Labute approximate surface area is 145 Å². The number of halogens is 3. The summed E-state index contributed by atoms with van der Waals surface area (Å²) >= 11 is 0. The molecule has 0 atom stereocenters. The Morgan fingerprint density at radius 3 is 2.65 bits per heavy atom. The molecule has 0 unspecified atom stereocenters. The molecular weight excluding hydrogens is 345 g/mol. The highest BCUT2D eigenvalue weighted by Crippen LogP contribution is 2.32. The van der Waals surface area contributed by atoms with E-state index in [9.17, 15) is 18.0 Å². The number of rotatable bonds is 2. The fraction of sp³-hybridized carbons (Fsp3) is 0.158. The van der Waals surface area contributed by atoms with Crippen LogP contribution >= 0.6 is 0 Å². The SMILES string of the molecule is Cc1ccc2c(Cn3c(C(F)(F)F)nc4ccccc43)cc(=O)oc2c1. The fourth-order valence-corrected chi connectivity index (χ4v) is 3.09. The van der Waals surface area contributed by atoms with Crippen LogP contribution in [0.25, 0.3) is 22.0 Å². The largest absolute Gasteiger partial charge is 0.449 e. The highest BCUT2D eigenvalue weighted by molar-refractivity contribution is 5.81. The maximum Gasteiger partial charge on any atom is 0.449 e. The van der Waals surface area contributed by atoms with Gasteiger partial charge in [-0.05, 0) is 36.2 Å². The number of fused-ring (bicyclic) bond motifs is 2. The Hall–Kier alpha value is -3.09. The van der Waals surface area contributed by atoms with Crippen LogP contribution in [0.15, 0.2) is 57.7 Å². The predicted octanol–water partition coefficient (Wildman–Crippen LogP) is 4.52. The van der Waals surface area contributed by atoms with Crippen LogP contribution in [0.2, 0.25) is 0 Å². The second-order valence-corrected chi connectivity index (χ2v) is 6.10. The molecule has 0 amide bonds. The van der Waals surface area contributed by atoms with Crippen LogP contribution in [0.1, 0.15) is 17.0 Å². The van der Waals surface area contributed by atoms with Crippen molar-refractivity contribution in [1.82, 2.24) is 9.55 Å². The standard InChI is InChI=1S/C19H13F3N2O2/c1-11-6-7-13-12(9-17(25)26-16(13)8-11)10-24-15-5-3-2-4-14(15)23-18(24)19(20,21)22/h2-9H,10H2,1H3. The molecule has 0 saturated heterocycles. The molecule has 2 aromatic carbocycles. The Bertz CT molecular complexity index is 1190. The average Bonchev–Trinajstić information content (AvgIpc) is 2.93. The molecule has 0 spiro atoms. The van der Waals surface area contributed by atoms with Crippen molar-refractivity contribution in [3.8, 4) is 0 Å². The summed E-state index contributed by atoms with van der Waals surface area (Å²) in [5.41, 5.74) is 1.70. The second-order valence-electron chi connectivity index (χ2n) is 6.10. The van der Waals surface area contributed by atoms with Crippen molar-refractivity contribution in [2.75, 3.05) is 0 Å². The quantitative estimate of drug-likeness (QED) is 0.495. The summed E-state index contributed by atoms with van der Waals surface area (Å²) in [6.45, 7) is 1.71. The first-order chi connectivity index (χ1) is 12.3. The first kappa shape index (κ1) is 16.4. The number of aromatic nitrogens is 2. The van der Waals surface area contributed by atoms with Crippen LogP contribution in [-0.4, -0.2) is 9.55 Å². The van der Waals surface area contributed by atoms with Crippen molar-refractivity contribution in [3.05, 3.63) is 75.9 Å². The number of para-hydroxylation sites is 2. The lowest BCUT2D eigenvalue weighted by Gasteiger charge is -2.13. The van der Waals surface area contributed by atoms with Gasteiger partial charge in [0.25, 0.3) is 0 Å². The van der Waals surface area contributed by atoms with E-state index < -0.39 is 17.6 Å². The smallest absolute Gasteiger partial charge is 0.423 e. The minimum absolute atomic E-state index is 0.138. The third-order valence-electron chi connectivity index (χ3n) is 4.22. The number of hydrogen-bond donors (Lipinski definition) is 0. The molecule has 26 heavy (non-hydrogen) atoms. The van der Waals surface area contributed by atoms with Gasteiger partial charge in [-0.15, -0.1) is 0 Å². The van der Waals surface area contributed by atoms with E-state index in [1.807, 2.05) is 13.0 Å². The number of imidazole rings is 1. The van der Waals surface area contributed by atoms with Gasteiger partial charge < -0.3 is 8.98 Å². The molecule has 0 N–H and O–H groups in total. The first-order valence-electron chi connectivity index (χ1n) is 7.89. The van der Waals surface area contributed by atoms with Crippen LogP contribution in [0.5, 0.6) is 0 Å². The molecule has 0 aliphatic carbocycles. The Morgan fingerprint density at radius 1 is 1.12 bits per heavy atom. The van der Waals surface area contributed by atoms with Gasteiger partial charge in [0, 0.05) is 11.5 Å². The number of hydrogen-bond acceptors (Lipinski definition) is 3. The number of alkyl halides is 3. The predicted molar refractivity (Wildman–Crippen MR) is 91.1 cm³/mol. The second kappa shape index (κ2) is 5.72. The number of nitrogens with zero attached hydrogens (tertiary/aromatic N) is 2. The summed E-state index contributed by atoms with van der Waals surface area (Å²) in [6, 6.07) is 12.9. The lowest BCUT2D eigenvalue weighted by atomic mass is 10.1. The zero-order valence-electron chi connectivity index (χ0n) is 13.7. The zero-order valence-corrected chi connectivity index (χ0v) is 13.7. The van der Waals surface area contributed by atoms with Gasteiger partial charge in [0.05, 0.1) is 17.6 Å². The van der Waals surface area contributed by atoms with E-state index in [4.69, 9.17) is 4.42 Å². The molecule has 132 valence electrons. The van der Waals surface area contributed by atoms with E-state index in [0.29, 0.717) is 22.0 Å². The van der Waals surface area contributed by atoms with Crippen LogP contribution in [-0.2, 0) is 12.7 Å². The summed E-state index contributed by atoms with van der Waals surface area (Å²) in [7, 11) is 0. The maximum absolute atomic E-state index is 13.5. The third-order valence-corrected chi connectivity index (χ3v) is 4.22. The highest BCUT2D eigenvalue weighted by Gasteiger charge is 2.37. The topological polar surface area (TPSA) is 48.0 Å². The molecule has 4 aromatic rings. The Kier molecular flexibility index (Phi) is 3.61. The van der Waals surface area contributed by atoms with Gasteiger partial charge in [-0.3, -0.25) is 0 Å². The number of benzene rings is 2. The fourth-order valence-electron chi connectivity index (χ4n) is 3.09. The van der Waals surface area contributed by atoms with Crippen molar-refractivity contribution in [3.63, 3.8) is 0 Å². The van der Waals surface area contributed by atoms with Crippen molar-refractivity contribution in [1.29, 1.82) is 0 Å². The monoisotopic (exact) mass is 358 g/mol. The van der Waals surface area contributed by atoms with Gasteiger partial charge in [0.2, 0.25) is 5.82 Å². The molecule has 0 saturated carbocycles. The van der Waals surface area contributed by atoms with E-state index in [0.717, 1.165) is 10.1 Å². The third kappa shape index (κ3) is 2.75. The van der Waals surface area contributed by atoms with Gasteiger partial charge >= 0.3 is 11.8 Å². The lowest BCUT2D eigenvalue weighted by Crippen LogP contribution is -2.16. The van der Waals surface area contributed by atoms with Gasteiger partial charge in [0.15, 0.2) is 0 Å².